The van der Waals surface area contributed by atoms with Crippen LogP contribution in [0.4, 0.5) is 0 Å². The van der Waals surface area contributed by atoms with Crippen LogP contribution in [0.15, 0.2) is 0 Å². The van der Waals surface area contributed by atoms with Crippen molar-refractivity contribution in [3.63, 3.8) is 0 Å². The second kappa shape index (κ2) is 5.27. The van der Waals surface area contributed by atoms with Gasteiger partial charge in [-0.3, -0.25) is 0 Å². The maximum Gasteiger partial charge on any atom is 0.0124 e. The molecule has 0 amide bonds. The van der Waals surface area contributed by atoms with Crippen LogP contribution in [-0.2, 0) is 0 Å². The number of rotatable bonds is 7. The van der Waals surface area contributed by atoms with Crippen molar-refractivity contribution < 1.29 is 0 Å². The van der Waals surface area contributed by atoms with Gasteiger partial charge in [-0.25, -0.2) is 0 Å². The maximum absolute atomic E-state index is 6.19. The van der Waals surface area contributed by atoms with Gasteiger partial charge in [-0.2, -0.15) is 0 Å². The molecule has 2 saturated carbocycles. The second-order valence-corrected chi connectivity index (χ2v) is 7.47. The fraction of sp³-hybridized carbons (Fsp3) is 1.00. The predicted octanol–water partition coefficient (Wildman–Crippen LogP) is 2.92. The molecule has 2 aliphatic carbocycles. The van der Waals surface area contributed by atoms with Crippen molar-refractivity contribution in [1.29, 1.82) is 0 Å². The van der Waals surface area contributed by atoms with E-state index in [1.165, 1.54) is 25.7 Å². The van der Waals surface area contributed by atoms with Gasteiger partial charge in [0.1, 0.15) is 0 Å². The lowest BCUT2D eigenvalue weighted by Gasteiger charge is -2.24. The minimum Gasteiger partial charge on any atom is -0.328 e. The number of nitrogens with two attached hydrogens (primary N) is 1. The van der Waals surface area contributed by atoms with E-state index in [0.29, 0.717) is 11.5 Å². The molecule has 0 aromatic heterocycles. The highest BCUT2D eigenvalue weighted by Gasteiger charge is 2.40. The third-order valence-corrected chi connectivity index (χ3v) is 4.03. The van der Waals surface area contributed by atoms with E-state index in [-0.39, 0.29) is 0 Å². The third kappa shape index (κ3) is 4.97. The molecule has 2 nitrogen and oxygen atoms in total. The fourth-order valence-electron chi connectivity index (χ4n) is 2.95. The molecule has 3 N–H and O–H groups in total. The van der Waals surface area contributed by atoms with Crippen LogP contribution in [0.2, 0.25) is 0 Å². The Balaban J connectivity index is 1.61. The largest absolute Gasteiger partial charge is 0.328 e. The zero-order valence-electron chi connectivity index (χ0n) is 11.8. The molecule has 0 aliphatic heterocycles. The zero-order valence-corrected chi connectivity index (χ0v) is 11.8. The molecule has 0 aromatic carbocycles. The summed E-state index contributed by atoms with van der Waals surface area (Å²) >= 11 is 0. The molecule has 0 spiro atoms. The molecule has 2 aliphatic rings. The van der Waals surface area contributed by atoms with E-state index in [1.807, 2.05) is 0 Å². The maximum atomic E-state index is 6.19. The van der Waals surface area contributed by atoms with E-state index in [0.717, 1.165) is 37.3 Å². The molecule has 0 radical (unpaired) electrons. The van der Waals surface area contributed by atoms with E-state index in [1.54, 1.807) is 0 Å². The van der Waals surface area contributed by atoms with Gasteiger partial charge in [-0.15, -0.1) is 0 Å². The Morgan fingerprint density at radius 2 is 1.65 bits per heavy atom. The van der Waals surface area contributed by atoms with E-state index < -0.39 is 0 Å². The first-order valence-electron chi connectivity index (χ1n) is 7.45. The lowest BCUT2D eigenvalue weighted by Crippen LogP contribution is -2.37. The standard InChI is InChI=1S/C15H30N2/c1-15(2,3)10-13(16)8-9-17-14(11-4-5-11)12-6-7-12/h11-14,17H,4-10,16H2,1-3H3. The molecule has 100 valence electrons. The minimum atomic E-state index is 0.363. The molecule has 0 bridgehead atoms. The highest BCUT2D eigenvalue weighted by molar-refractivity contribution is 4.96. The highest BCUT2D eigenvalue weighted by Crippen LogP contribution is 2.44. The Morgan fingerprint density at radius 3 is 2.06 bits per heavy atom. The van der Waals surface area contributed by atoms with Gasteiger partial charge < -0.3 is 11.1 Å². The van der Waals surface area contributed by atoms with Gasteiger partial charge in [-0.1, -0.05) is 20.8 Å². The van der Waals surface area contributed by atoms with Crippen LogP contribution < -0.4 is 11.1 Å². The smallest absolute Gasteiger partial charge is 0.0124 e. The first-order valence-corrected chi connectivity index (χ1v) is 7.45. The summed E-state index contributed by atoms with van der Waals surface area (Å²) in [5, 5.41) is 3.78. The first kappa shape index (κ1) is 13.4. The molecule has 2 heteroatoms. The van der Waals surface area contributed by atoms with Crippen LogP contribution in [0.1, 0.15) is 59.3 Å². The van der Waals surface area contributed by atoms with Gasteiger partial charge >= 0.3 is 0 Å². The molecular formula is C15H30N2. The third-order valence-electron chi connectivity index (χ3n) is 4.03. The topological polar surface area (TPSA) is 38.0 Å². The Kier molecular flexibility index (Phi) is 4.14. The van der Waals surface area contributed by atoms with Crippen molar-refractivity contribution >= 4 is 0 Å². The Morgan fingerprint density at radius 1 is 1.12 bits per heavy atom. The molecule has 0 saturated heterocycles. The summed E-state index contributed by atoms with van der Waals surface area (Å²) in [7, 11) is 0. The van der Waals surface area contributed by atoms with Crippen molar-refractivity contribution in [3.05, 3.63) is 0 Å². The molecule has 17 heavy (non-hydrogen) atoms. The second-order valence-electron chi connectivity index (χ2n) is 7.47. The Labute approximate surface area is 107 Å². The predicted molar refractivity (Wildman–Crippen MR) is 73.9 cm³/mol. The average Bonchev–Trinajstić information content (AvgIpc) is 3.01. The van der Waals surface area contributed by atoms with Crippen molar-refractivity contribution in [1.82, 2.24) is 5.32 Å². The SMILES string of the molecule is CC(C)(C)CC(N)CCNC(C1CC1)C1CC1. The van der Waals surface area contributed by atoms with Gasteiger partial charge in [0.15, 0.2) is 0 Å². The lowest BCUT2D eigenvalue weighted by molar-refractivity contribution is 0.321. The Hall–Kier alpha value is -0.0800. The number of nitrogens with one attached hydrogen (secondary N) is 1. The van der Waals surface area contributed by atoms with E-state index in [4.69, 9.17) is 5.73 Å². The van der Waals surface area contributed by atoms with E-state index in [2.05, 4.69) is 26.1 Å². The zero-order chi connectivity index (χ0) is 12.5. The quantitative estimate of drug-likeness (QED) is 0.715. The highest BCUT2D eigenvalue weighted by atomic mass is 14.9. The molecule has 1 atom stereocenters. The normalized spacial score (nSPS) is 23.1. The summed E-state index contributed by atoms with van der Waals surface area (Å²) in [4.78, 5) is 0. The van der Waals surface area contributed by atoms with Crippen LogP contribution in [0, 0.1) is 17.3 Å². The summed E-state index contributed by atoms with van der Waals surface area (Å²) in [5.74, 6) is 2.00. The molecule has 2 rings (SSSR count). The molecule has 0 aromatic rings. The fourth-order valence-corrected chi connectivity index (χ4v) is 2.95. The van der Waals surface area contributed by atoms with Gasteiger partial charge in [0, 0.05) is 12.1 Å². The molecule has 1 unspecified atom stereocenters. The lowest BCUT2D eigenvalue weighted by atomic mass is 9.87. The molecule has 0 heterocycles. The average molecular weight is 238 g/mol. The molecule has 2 fully saturated rings. The van der Waals surface area contributed by atoms with Crippen LogP contribution in [-0.4, -0.2) is 18.6 Å². The van der Waals surface area contributed by atoms with Gasteiger partial charge in [-0.05, 0) is 62.3 Å². The van der Waals surface area contributed by atoms with Crippen LogP contribution in [0.5, 0.6) is 0 Å². The summed E-state index contributed by atoms with van der Waals surface area (Å²) < 4.78 is 0. The first-order chi connectivity index (χ1) is 7.96. The van der Waals surface area contributed by atoms with Gasteiger partial charge in [0.2, 0.25) is 0 Å². The number of hydrogen-bond acceptors (Lipinski definition) is 2. The van der Waals surface area contributed by atoms with Crippen molar-refractivity contribution in [3.8, 4) is 0 Å². The molecular weight excluding hydrogens is 208 g/mol. The summed E-state index contributed by atoms with van der Waals surface area (Å²) in [5.41, 5.74) is 6.56. The van der Waals surface area contributed by atoms with Gasteiger partial charge in [0.25, 0.3) is 0 Å². The number of hydrogen-bond donors (Lipinski definition) is 2. The minimum absolute atomic E-state index is 0.363. The van der Waals surface area contributed by atoms with Crippen LogP contribution in [0.25, 0.3) is 0 Å². The van der Waals surface area contributed by atoms with Gasteiger partial charge in [0.05, 0.1) is 0 Å². The van der Waals surface area contributed by atoms with Crippen LogP contribution >= 0.6 is 0 Å². The van der Waals surface area contributed by atoms with Crippen LogP contribution in [0.3, 0.4) is 0 Å². The summed E-state index contributed by atoms with van der Waals surface area (Å²) in [6.45, 7) is 7.95. The van der Waals surface area contributed by atoms with Crippen molar-refractivity contribution in [2.75, 3.05) is 6.54 Å². The summed E-state index contributed by atoms with van der Waals surface area (Å²) in [6, 6.07) is 1.19. The Bertz CT molecular complexity index is 224. The summed E-state index contributed by atoms with van der Waals surface area (Å²) in [6.07, 6.45) is 8.11. The van der Waals surface area contributed by atoms with Crippen molar-refractivity contribution in [2.45, 2.75) is 71.4 Å². The van der Waals surface area contributed by atoms with E-state index >= 15 is 0 Å². The monoisotopic (exact) mass is 238 g/mol. The van der Waals surface area contributed by atoms with Crippen molar-refractivity contribution in [2.24, 2.45) is 23.0 Å². The van der Waals surface area contributed by atoms with E-state index in [9.17, 15) is 0 Å².